The maximum absolute atomic E-state index is 12.1. The Morgan fingerprint density at radius 3 is 2.82 bits per heavy atom. The van der Waals surface area contributed by atoms with Crippen LogP contribution in [0.25, 0.3) is 0 Å². The summed E-state index contributed by atoms with van der Waals surface area (Å²) < 4.78 is 11.2. The normalized spacial score (nSPS) is 28.8. The van der Waals surface area contributed by atoms with Crippen LogP contribution in [0.3, 0.4) is 0 Å². The molecule has 1 aliphatic heterocycles. The molecule has 2 rings (SSSR count). The first-order valence-electron chi connectivity index (χ1n) is 6.07. The van der Waals surface area contributed by atoms with E-state index < -0.39 is 8.07 Å². The summed E-state index contributed by atoms with van der Waals surface area (Å²) in [5.41, 5.74) is 1.14. The van der Waals surface area contributed by atoms with Crippen molar-refractivity contribution in [3.05, 3.63) is 23.4 Å². The van der Waals surface area contributed by atoms with Crippen LogP contribution in [0.15, 0.2) is 23.4 Å². The lowest BCUT2D eigenvalue weighted by atomic mass is 10.1. The Balaban J connectivity index is 2.32. The zero-order valence-corrected chi connectivity index (χ0v) is 11.8. The second kappa shape index (κ2) is 4.52. The van der Waals surface area contributed by atoms with Gasteiger partial charge in [0.15, 0.2) is 12.1 Å². The van der Waals surface area contributed by atoms with Crippen LogP contribution in [-0.2, 0) is 14.3 Å². The quantitative estimate of drug-likeness (QED) is 0.569. The third kappa shape index (κ3) is 2.30. The van der Waals surface area contributed by atoms with E-state index in [0.29, 0.717) is 25.4 Å². The Morgan fingerprint density at radius 1 is 1.53 bits per heavy atom. The van der Waals surface area contributed by atoms with Gasteiger partial charge in [0, 0.05) is 12.3 Å². The second-order valence-electron chi connectivity index (χ2n) is 5.69. The Kier molecular flexibility index (Phi) is 3.38. The molecule has 0 saturated carbocycles. The van der Waals surface area contributed by atoms with E-state index in [0.717, 1.165) is 10.8 Å². The molecule has 0 spiro atoms. The minimum Gasteiger partial charge on any atom is -0.348 e. The lowest BCUT2D eigenvalue weighted by Gasteiger charge is -2.21. The fourth-order valence-corrected chi connectivity index (χ4v) is 4.82. The highest BCUT2D eigenvalue weighted by molar-refractivity contribution is 6.87. The molecule has 94 valence electrons. The molecule has 0 bridgehead atoms. The predicted octanol–water partition coefficient (Wildman–Crippen LogP) is 2.31. The molecule has 1 heterocycles. The van der Waals surface area contributed by atoms with Gasteiger partial charge in [-0.3, -0.25) is 4.79 Å². The van der Waals surface area contributed by atoms with Gasteiger partial charge in [0.05, 0.1) is 21.3 Å². The summed E-state index contributed by atoms with van der Waals surface area (Å²) in [4.78, 5) is 12.1. The van der Waals surface area contributed by atoms with Crippen LogP contribution in [0.5, 0.6) is 0 Å². The molecule has 0 aromatic carbocycles. The highest BCUT2D eigenvalue weighted by atomic mass is 28.3. The molecule has 2 unspecified atom stereocenters. The average molecular weight is 252 g/mol. The van der Waals surface area contributed by atoms with E-state index in [9.17, 15) is 4.79 Å². The number of allylic oxidation sites excluding steroid dienone is 1. The topological polar surface area (TPSA) is 35.5 Å². The maximum Gasteiger partial charge on any atom is 0.180 e. The molecule has 2 aliphatic rings. The zero-order chi connectivity index (χ0) is 12.6. The smallest absolute Gasteiger partial charge is 0.180 e. The number of ether oxygens (including phenoxy) is 2. The molecule has 3 nitrogen and oxygen atoms in total. The van der Waals surface area contributed by atoms with Crippen molar-refractivity contribution in [3.63, 3.8) is 0 Å². The maximum atomic E-state index is 12.1. The minimum absolute atomic E-state index is 0.263. The fourth-order valence-electron chi connectivity index (χ4n) is 2.70. The van der Waals surface area contributed by atoms with Gasteiger partial charge in [0.2, 0.25) is 0 Å². The number of rotatable bonds is 4. The zero-order valence-electron chi connectivity index (χ0n) is 10.8. The minimum atomic E-state index is -1.61. The van der Waals surface area contributed by atoms with Crippen molar-refractivity contribution in [1.82, 2.24) is 0 Å². The SMILES string of the molecule is C=CCOC1OCC2CC(=O)C([Si](C)(C)C)=C21. The van der Waals surface area contributed by atoms with Crippen LogP contribution in [0.2, 0.25) is 19.6 Å². The van der Waals surface area contributed by atoms with Crippen LogP contribution in [0, 0.1) is 5.92 Å². The predicted molar refractivity (Wildman–Crippen MR) is 69.4 cm³/mol. The second-order valence-corrected chi connectivity index (χ2v) is 10.7. The number of hydrogen-bond acceptors (Lipinski definition) is 3. The summed E-state index contributed by atoms with van der Waals surface area (Å²) in [7, 11) is -1.61. The van der Waals surface area contributed by atoms with Crippen molar-refractivity contribution < 1.29 is 14.3 Å². The lowest BCUT2D eigenvalue weighted by Crippen LogP contribution is -2.30. The van der Waals surface area contributed by atoms with Crippen molar-refractivity contribution in [1.29, 1.82) is 0 Å². The molecule has 2 atom stereocenters. The van der Waals surface area contributed by atoms with Gasteiger partial charge in [-0.1, -0.05) is 25.7 Å². The van der Waals surface area contributed by atoms with Crippen LogP contribution >= 0.6 is 0 Å². The summed E-state index contributed by atoms with van der Waals surface area (Å²) >= 11 is 0. The lowest BCUT2D eigenvalue weighted by molar-refractivity contribution is -0.116. The highest BCUT2D eigenvalue weighted by Gasteiger charge is 2.45. The Labute approximate surface area is 103 Å². The van der Waals surface area contributed by atoms with Gasteiger partial charge >= 0.3 is 0 Å². The van der Waals surface area contributed by atoms with E-state index in [4.69, 9.17) is 9.47 Å². The first-order chi connectivity index (χ1) is 7.95. The van der Waals surface area contributed by atoms with E-state index >= 15 is 0 Å². The molecule has 0 aromatic rings. The van der Waals surface area contributed by atoms with Crippen LogP contribution in [0.1, 0.15) is 6.42 Å². The molecule has 1 aliphatic carbocycles. The number of hydrogen-bond donors (Lipinski definition) is 0. The summed E-state index contributed by atoms with van der Waals surface area (Å²) in [6.07, 6.45) is 2.01. The molecule has 0 radical (unpaired) electrons. The van der Waals surface area contributed by atoms with Gasteiger partial charge in [0.25, 0.3) is 0 Å². The number of carbonyl (C=O) groups excluding carboxylic acids is 1. The standard InChI is InChI=1S/C13H20O3Si/c1-5-6-15-13-11-9(8-16-13)7-10(14)12(11)17(2,3)4/h5,9,13H,1,6-8H2,2-4H3. The molecule has 0 amide bonds. The van der Waals surface area contributed by atoms with Gasteiger partial charge in [-0.2, -0.15) is 0 Å². The average Bonchev–Trinajstić information content (AvgIpc) is 2.71. The van der Waals surface area contributed by atoms with E-state index in [1.54, 1.807) is 6.08 Å². The molecular weight excluding hydrogens is 232 g/mol. The Bertz CT molecular complexity index is 379. The van der Waals surface area contributed by atoms with Crippen LogP contribution in [0.4, 0.5) is 0 Å². The highest BCUT2D eigenvalue weighted by Crippen LogP contribution is 2.42. The molecular formula is C13H20O3Si. The van der Waals surface area contributed by atoms with E-state index in [2.05, 4.69) is 26.2 Å². The Hall–Kier alpha value is -0.713. The fraction of sp³-hybridized carbons (Fsp3) is 0.615. The molecule has 4 heteroatoms. The summed E-state index contributed by atoms with van der Waals surface area (Å²) in [6, 6.07) is 0. The van der Waals surface area contributed by atoms with Crippen molar-refractivity contribution >= 4 is 13.9 Å². The Morgan fingerprint density at radius 2 is 2.24 bits per heavy atom. The van der Waals surface area contributed by atoms with Crippen molar-refractivity contribution in [2.45, 2.75) is 32.4 Å². The van der Waals surface area contributed by atoms with Crippen molar-refractivity contribution in [2.24, 2.45) is 5.92 Å². The van der Waals surface area contributed by atoms with Gasteiger partial charge < -0.3 is 9.47 Å². The number of ketones is 1. The molecule has 0 aromatic heterocycles. The van der Waals surface area contributed by atoms with Gasteiger partial charge in [0.1, 0.15) is 0 Å². The van der Waals surface area contributed by atoms with E-state index in [1.165, 1.54) is 0 Å². The monoisotopic (exact) mass is 252 g/mol. The van der Waals surface area contributed by atoms with E-state index in [1.807, 2.05) is 0 Å². The number of carbonyl (C=O) groups is 1. The number of Topliss-reactive ketones (excluding diaryl/α,β-unsaturated/α-hetero) is 1. The summed E-state index contributed by atoms with van der Waals surface area (Å²) in [6.45, 7) is 11.3. The summed E-state index contributed by atoms with van der Waals surface area (Å²) in [5.74, 6) is 0.582. The van der Waals surface area contributed by atoms with Crippen LogP contribution in [-0.4, -0.2) is 33.4 Å². The van der Waals surface area contributed by atoms with Crippen LogP contribution < -0.4 is 0 Å². The van der Waals surface area contributed by atoms with Gasteiger partial charge in [-0.15, -0.1) is 6.58 Å². The largest absolute Gasteiger partial charge is 0.348 e. The van der Waals surface area contributed by atoms with Crippen molar-refractivity contribution in [3.8, 4) is 0 Å². The van der Waals surface area contributed by atoms with Gasteiger partial charge in [-0.05, 0) is 10.8 Å². The van der Waals surface area contributed by atoms with Crippen molar-refractivity contribution in [2.75, 3.05) is 13.2 Å². The van der Waals surface area contributed by atoms with E-state index in [-0.39, 0.29) is 12.2 Å². The number of fused-ring (bicyclic) bond motifs is 1. The summed E-state index contributed by atoms with van der Waals surface area (Å²) in [5, 5.41) is 1.05. The third-order valence-electron chi connectivity index (χ3n) is 3.26. The first-order valence-corrected chi connectivity index (χ1v) is 9.57. The first kappa shape index (κ1) is 12.7. The third-order valence-corrected chi connectivity index (χ3v) is 5.32. The molecule has 0 N–H and O–H groups in total. The molecule has 17 heavy (non-hydrogen) atoms. The van der Waals surface area contributed by atoms with Gasteiger partial charge in [-0.25, -0.2) is 0 Å². The molecule has 1 saturated heterocycles. The molecule has 1 fully saturated rings.